The molecule has 0 amide bonds. The van der Waals surface area contributed by atoms with Crippen molar-refractivity contribution in [1.82, 2.24) is 0 Å². The number of rotatable bonds is 5. The smallest absolute Gasteiger partial charge is 0.269 e. The lowest BCUT2D eigenvalue weighted by atomic mass is 10.1. The van der Waals surface area contributed by atoms with Crippen LogP contribution in [-0.2, 0) is 0 Å². The molecule has 0 unspecified atom stereocenters. The number of nitrogens with one attached hydrogen (secondary N) is 1. The van der Waals surface area contributed by atoms with E-state index in [-0.39, 0.29) is 11.5 Å². The number of carbonyl (C=O) groups is 1. The number of allylic oxidation sites excluding steroid dienone is 1. The molecule has 0 radical (unpaired) electrons. The largest absolute Gasteiger partial charge is 0.362 e. The van der Waals surface area contributed by atoms with E-state index in [0.717, 1.165) is 11.3 Å². The molecule has 5 nitrogen and oxygen atoms in total. The second-order valence-corrected chi connectivity index (χ2v) is 4.52. The fourth-order valence-electron chi connectivity index (χ4n) is 1.79. The van der Waals surface area contributed by atoms with E-state index in [9.17, 15) is 14.9 Å². The number of nitro benzene ring substituents is 1. The number of anilines is 1. The van der Waals surface area contributed by atoms with Crippen molar-refractivity contribution < 1.29 is 9.72 Å². The molecule has 0 saturated heterocycles. The first-order valence-corrected chi connectivity index (χ1v) is 6.35. The Morgan fingerprint density at radius 3 is 2.52 bits per heavy atom. The van der Waals surface area contributed by atoms with Crippen LogP contribution in [0.1, 0.15) is 15.9 Å². The lowest BCUT2D eigenvalue weighted by molar-refractivity contribution is -0.384. The zero-order chi connectivity index (χ0) is 15.2. The molecule has 0 fully saturated rings. The van der Waals surface area contributed by atoms with Crippen LogP contribution in [0.25, 0.3) is 0 Å². The van der Waals surface area contributed by atoms with Crippen molar-refractivity contribution >= 4 is 17.2 Å². The van der Waals surface area contributed by atoms with Gasteiger partial charge in [0.05, 0.1) is 4.92 Å². The van der Waals surface area contributed by atoms with Gasteiger partial charge < -0.3 is 5.32 Å². The van der Waals surface area contributed by atoms with E-state index < -0.39 is 4.92 Å². The minimum Gasteiger partial charge on any atom is -0.362 e. The molecule has 106 valence electrons. The van der Waals surface area contributed by atoms with E-state index in [1.54, 1.807) is 6.20 Å². The van der Waals surface area contributed by atoms with Crippen molar-refractivity contribution in [3.8, 4) is 0 Å². The van der Waals surface area contributed by atoms with Gasteiger partial charge in [-0.1, -0.05) is 12.1 Å². The molecule has 0 heterocycles. The lowest BCUT2D eigenvalue weighted by Gasteiger charge is -2.01. The normalized spacial score (nSPS) is 10.5. The minimum absolute atomic E-state index is 0.0339. The molecule has 0 atom stereocenters. The van der Waals surface area contributed by atoms with Crippen LogP contribution in [-0.4, -0.2) is 10.7 Å². The zero-order valence-corrected chi connectivity index (χ0v) is 11.4. The Kier molecular flexibility index (Phi) is 4.46. The molecule has 2 aromatic carbocycles. The number of nitrogens with zero attached hydrogens (tertiary/aromatic N) is 1. The Bertz CT molecular complexity index is 691. The number of benzene rings is 2. The number of hydrogen-bond acceptors (Lipinski definition) is 4. The van der Waals surface area contributed by atoms with Crippen LogP contribution < -0.4 is 5.32 Å². The number of ketones is 1. The average Bonchev–Trinajstić information content (AvgIpc) is 2.47. The zero-order valence-electron chi connectivity index (χ0n) is 11.4. The highest BCUT2D eigenvalue weighted by Crippen LogP contribution is 2.13. The van der Waals surface area contributed by atoms with Gasteiger partial charge in [0.15, 0.2) is 5.78 Å². The second kappa shape index (κ2) is 6.47. The second-order valence-electron chi connectivity index (χ2n) is 4.52. The molecule has 0 aliphatic rings. The summed E-state index contributed by atoms with van der Waals surface area (Å²) in [6, 6.07) is 13.3. The monoisotopic (exact) mass is 282 g/mol. The molecule has 2 aromatic rings. The van der Waals surface area contributed by atoms with Crippen molar-refractivity contribution in [2.24, 2.45) is 0 Å². The SMILES string of the molecule is Cc1cccc(NC=CC(=O)c2ccc([N+](=O)[O-])cc2)c1. The number of nitro groups is 1. The van der Waals surface area contributed by atoms with Gasteiger partial charge in [-0.05, 0) is 36.8 Å². The lowest BCUT2D eigenvalue weighted by Crippen LogP contribution is -1.97. The molecule has 0 aliphatic carbocycles. The number of carbonyl (C=O) groups excluding carboxylic acids is 1. The summed E-state index contributed by atoms with van der Waals surface area (Å²) < 4.78 is 0. The summed E-state index contributed by atoms with van der Waals surface area (Å²) >= 11 is 0. The first kappa shape index (κ1) is 14.5. The number of hydrogen-bond donors (Lipinski definition) is 1. The van der Waals surface area contributed by atoms with Crippen molar-refractivity contribution in [3.05, 3.63) is 82.0 Å². The van der Waals surface area contributed by atoms with Gasteiger partial charge in [0.1, 0.15) is 0 Å². The van der Waals surface area contributed by atoms with Crippen LogP contribution in [0.5, 0.6) is 0 Å². The van der Waals surface area contributed by atoms with Crippen molar-refractivity contribution in [1.29, 1.82) is 0 Å². The van der Waals surface area contributed by atoms with E-state index in [0.29, 0.717) is 5.56 Å². The van der Waals surface area contributed by atoms with Crippen LogP contribution in [0.15, 0.2) is 60.8 Å². The highest BCUT2D eigenvalue weighted by molar-refractivity contribution is 6.04. The van der Waals surface area contributed by atoms with Crippen LogP contribution in [0, 0.1) is 17.0 Å². The average molecular weight is 282 g/mol. The van der Waals surface area contributed by atoms with E-state index in [2.05, 4.69) is 5.32 Å². The quantitative estimate of drug-likeness (QED) is 0.392. The van der Waals surface area contributed by atoms with Crippen LogP contribution in [0.2, 0.25) is 0 Å². The Morgan fingerprint density at radius 1 is 1.19 bits per heavy atom. The van der Waals surface area contributed by atoms with Gasteiger partial charge in [0.25, 0.3) is 5.69 Å². The standard InChI is InChI=1S/C16H14N2O3/c1-12-3-2-4-14(11-12)17-10-9-16(19)13-5-7-15(8-6-13)18(20)21/h2-11,17H,1H3. The van der Waals surface area contributed by atoms with E-state index in [4.69, 9.17) is 0 Å². The molecule has 21 heavy (non-hydrogen) atoms. The predicted octanol–water partition coefficient (Wildman–Crippen LogP) is 3.71. The Morgan fingerprint density at radius 2 is 1.90 bits per heavy atom. The molecule has 0 bridgehead atoms. The maximum atomic E-state index is 11.9. The summed E-state index contributed by atoms with van der Waals surface area (Å²) in [4.78, 5) is 21.9. The third kappa shape index (κ3) is 4.01. The summed E-state index contributed by atoms with van der Waals surface area (Å²) in [5.41, 5.74) is 2.38. The summed E-state index contributed by atoms with van der Waals surface area (Å²) in [5.74, 6) is -0.218. The maximum absolute atomic E-state index is 11.9. The predicted molar refractivity (Wildman–Crippen MR) is 81.4 cm³/mol. The van der Waals surface area contributed by atoms with Gasteiger partial charge >= 0.3 is 0 Å². The Hall–Kier alpha value is -2.95. The molecule has 0 aliphatic heterocycles. The summed E-state index contributed by atoms with van der Waals surface area (Å²) in [7, 11) is 0. The van der Waals surface area contributed by atoms with E-state index in [1.807, 2.05) is 31.2 Å². The first-order valence-electron chi connectivity index (χ1n) is 6.35. The minimum atomic E-state index is -0.497. The number of non-ortho nitro benzene ring substituents is 1. The topological polar surface area (TPSA) is 72.2 Å². The Labute approximate surface area is 122 Å². The van der Waals surface area contributed by atoms with E-state index in [1.165, 1.54) is 30.3 Å². The Balaban J connectivity index is 2.00. The summed E-state index contributed by atoms with van der Waals surface area (Å²) in [6.45, 7) is 1.98. The summed E-state index contributed by atoms with van der Waals surface area (Å²) in [5, 5.41) is 13.5. The highest BCUT2D eigenvalue weighted by Gasteiger charge is 2.06. The molecule has 1 N–H and O–H groups in total. The van der Waals surface area contributed by atoms with Crippen LogP contribution in [0.3, 0.4) is 0 Å². The fraction of sp³-hybridized carbons (Fsp3) is 0.0625. The van der Waals surface area contributed by atoms with Crippen molar-refractivity contribution in [2.75, 3.05) is 5.32 Å². The third-order valence-electron chi connectivity index (χ3n) is 2.87. The van der Waals surface area contributed by atoms with Gasteiger partial charge in [-0.15, -0.1) is 0 Å². The molecule has 0 saturated carbocycles. The van der Waals surface area contributed by atoms with Gasteiger partial charge in [-0.25, -0.2) is 0 Å². The summed E-state index contributed by atoms with van der Waals surface area (Å²) in [6.07, 6.45) is 2.95. The first-order chi connectivity index (χ1) is 10.1. The fourth-order valence-corrected chi connectivity index (χ4v) is 1.79. The van der Waals surface area contributed by atoms with Gasteiger partial charge in [0.2, 0.25) is 0 Å². The molecule has 2 rings (SSSR count). The third-order valence-corrected chi connectivity index (χ3v) is 2.87. The molecular formula is C16H14N2O3. The maximum Gasteiger partial charge on any atom is 0.269 e. The molecule has 5 heteroatoms. The van der Waals surface area contributed by atoms with Gasteiger partial charge in [-0.3, -0.25) is 14.9 Å². The van der Waals surface area contributed by atoms with Crippen molar-refractivity contribution in [2.45, 2.75) is 6.92 Å². The molecule has 0 spiro atoms. The molecular weight excluding hydrogens is 268 g/mol. The number of aryl methyl sites for hydroxylation is 1. The van der Waals surface area contributed by atoms with Gasteiger partial charge in [-0.2, -0.15) is 0 Å². The molecule has 0 aromatic heterocycles. The highest BCUT2D eigenvalue weighted by atomic mass is 16.6. The van der Waals surface area contributed by atoms with E-state index >= 15 is 0 Å². The van der Waals surface area contributed by atoms with Crippen molar-refractivity contribution in [3.63, 3.8) is 0 Å². The van der Waals surface area contributed by atoms with Crippen LogP contribution >= 0.6 is 0 Å². The van der Waals surface area contributed by atoms with Gasteiger partial charge in [0, 0.05) is 35.7 Å². The van der Waals surface area contributed by atoms with Crippen LogP contribution in [0.4, 0.5) is 11.4 Å².